The number of hydrogen-bond donors (Lipinski definition) is 2. The highest BCUT2D eigenvalue weighted by Crippen LogP contribution is 2.31. The van der Waals surface area contributed by atoms with Crippen molar-refractivity contribution in [2.24, 2.45) is 0 Å². The predicted molar refractivity (Wildman–Crippen MR) is 79.6 cm³/mol. The number of phenols is 1. The zero-order valence-corrected chi connectivity index (χ0v) is 12.2. The Morgan fingerprint density at radius 1 is 1.05 bits per heavy atom. The van der Waals surface area contributed by atoms with Crippen LogP contribution in [0.15, 0.2) is 36.4 Å². The van der Waals surface area contributed by atoms with Crippen LogP contribution in [-0.4, -0.2) is 19.3 Å². The van der Waals surface area contributed by atoms with Gasteiger partial charge >= 0.3 is 0 Å². The van der Waals surface area contributed by atoms with Gasteiger partial charge in [0.1, 0.15) is 23.1 Å². The lowest BCUT2D eigenvalue weighted by molar-refractivity contribution is 0.394. The van der Waals surface area contributed by atoms with E-state index in [1.54, 1.807) is 26.4 Å². The van der Waals surface area contributed by atoms with Gasteiger partial charge in [0.25, 0.3) is 0 Å². The molecule has 0 saturated carbocycles. The van der Waals surface area contributed by atoms with Crippen molar-refractivity contribution < 1.29 is 19.0 Å². The zero-order valence-electron chi connectivity index (χ0n) is 12.2. The molecule has 0 aromatic heterocycles. The summed E-state index contributed by atoms with van der Waals surface area (Å²) in [4.78, 5) is 0. The highest BCUT2D eigenvalue weighted by molar-refractivity contribution is 5.55. The van der Waals surface area contributed by atoms with Crippen LogP contribution in [0.25, 0.3) is 0 Å². The fourth-order valence-corrected chi connectivity index (χ4v) is 2.10. The molecule has 21 heavy (non-hydrogen) atoms. The fraction of sp³-hybridized carbons (Fsp3) is 0.250. The van der Waals surface area contributed by atoms with E-state index in [0.29, 0.717) is 17.1 Å². The van der Waals surface area contributed by atoms with E-state index in [9.17, 15) is 9.50 Å². The van der Waals surface area contributed by atoms with Gasteiger partial charge in [-0.2, -0.15) is 0 Å². The zero-order chi connectivity index (χ0) is 15.4. The summed E-state index contributed by atoms with van der Waals surface area (Å²) >= 11 is 0. The van der Waals surface area contributed by atoms with Crippen LogP contribution in [0.4, 0.5) is 10.1 Å². The Hall–Kier alpha value is -2.43. The Labute approximate surface area is 123 Å². The molecule has 0 aliphatic carbocycles. The average molecular weight is 291 g/mol. The molecule has 1 atom stereocenters. The van der Waals surface area contributed by atoms with Crippen molar-refractivity contribution >= 4 is 5.69 Å². The van der Waals surface area contributed by atoms with Crippen LogP contribution in [0.5, 0.6) is 17.2 Å². The quantitative estimate of drug-likeness (QED) is 0.881. The molecule has 4 nitrogen and oxygen atoms in total. The molecular formula is C16H18FNO3. The number of anilines is 1. The Bertz CT molecular complexity index is 609. The molecule has 2 N–H and O–H groups in total. The first-order chi connectivity index (χ1) is 10.0. The van der Waals surface area contributed by atoms with E-state index in [1.807, 2.05) is 19.1 Å². The van der Waals surface area contributed by atoms with Gasteiger partial charge in [0.2, 0.25) is 0 Å². The smallest absolute Gasteiger partial charge is 0.126 e. The molecule has 0 radical (unpaired) electrons. The van der Waals surface area contributed by atoms with Crippen molar-refractivity contribution in [3.8, 4) is 17.2 Å². The number of benzene rings is 2. The highest BCUT2D eigenvalue weighted by Gasteiger charge is 2.12. The third kappa shape index (κ3) is 3.56. The van der Waals surface area contributed by atoms with Crippen LogP contribution < -0.4 is 14.8 Å². The molecule has 2 aromatic carbocycles. The highest BCUT2D eigenvalue weighted by atomic mass is 19.1. The van der Waals surface area contributed by atoms with Gasteiger partial charge in [-0.15, -0.1) is 0 Å². The van der Waals surface area contributed by atoms with Crippen LogP contribution >= 0.6 is 0 Å². The second kappa shape index (κ2) is 6.35. The van der Waals surface area contributed by atoms with Crippen LogP contribution in [0.3, 0.4) is 0 Å². The summed E-state index contributed by atoms with van der Waals surface area (Å²) in [5.41, 5.74) is 1.39. The number of hydrogen-bond acceptors (Lipinski definition) is 4. The summed E-state index contributed by atoms with van der Waals surface area (Å²) in [6.07, 6.45) is 0. The molecule has 0 bridgehead atoms. The summed E-state index contributed by atoms with van der Waals surface area (Å²) in [5.74, 6) is 0.774. The summed E-state index contributed by atoms with van der Waals surface area (Å²) in [7, 11) is 3.15. The largest absolute Gasteiger partial charge is 0.507 e. The van der Waals surface area contributed by atoms with Gasteiger partial charge in [-0.3, -0.25) is 0 Å². The minimum atomic E-state index is -0.466. The Morgan fingerprint density at radius 3 is 2.19 bits per heavy atom. The normalized spacial score (nSPS) is 11.8. The first-order valence-electron chi connectivity index (χ1n) is 6.51. The van der Waals surface area contributed by atoms with Gasteiger partial charge in [0, 0.05) is 35.5 Å². The number of ether oxygens (including phenoxy) is 2. The van der Waals surface area contributed by atoms with Gasteiger partial charge in [0.05, 0.1) is 20.3 Å². The predicted octanol–water partition coefficient (Wildman–Crippen LogP) is 3.72. The fourth-order valence-electron chi connectivity index (χ4n) is 2.10. The molecule has 5 heteroatoms. The third-order valence-corrected chi connectivity index (χ3v) is 3.19. The van der Waals surface area contributed by atoms with Crippen molar-refractivity contribution in [2.45, 2.75) is 13.0 Å². The van der Waals surface area contributed by atoms with Crippen molar-refractivity contribution in [1.82, 2.24) is 0 Å². The molecule has 0 aliphatic heterocycles. The second-order valence-corrected chi connectivity index (χ2v) is 4.67. The first-order valence-corrected chi connectivity index (χ1v) is 6.51. The maximum absolute atomic E-state index is 13.0. The number of rotatable bonds is 5. The van der Waals surface area contributed by atoms with Crippen molar-refractivity contribution in [2.75, 3.05) is 19.5 Å². The van der Waals surface area contributed by atoms with E-state index in [0.717, 1.165) is 11.8 Å². The topological polar surface area (TPSA) is 50.7 Å². The van der Waals surface area contributed by atoms with Gasteiger partial charge in [-0.1, -0.05) is 6.07 Å². The van der Waals surface area contributed by atoms with Gasteiger partial charge in [-0.25, -0.2) is 4.39 Å². The number of nitrogens with one attached hydrogen (secondary N) is 1. The summed E-state index contributed by atoms with van der Waals surface area (Å²) < 4.78 is 23.4. The van der Waals surface area contributed by atoms with Crippen molar-refractivity contribution in [1.29, 1.82) is 0 Å². The number of aromatic hydroxyl groups is 1. The summed E-state index contributed by atoms with van der Waals surface area (Å²) in [6.45, 7) is 1.87. The molecule has 0 aliphatic rings. The van der Waals surface area contributed by atoms with Crippen LogP contribution in [-0.2, 0) is 0 Å². The molecule has 0 amide bonds. The summed E-state index contributed by atoms with van der Waals surface area (Å²) in [5, 5.41) is 13.0. The van der Waals surface area contributed by atoms with E-state index in [1.165, 1.54) is 6.07 Å². The Kier molecular flexibility index (Phi) is 4.52. The SMILES string of the molecule is COc1cc(NC(C)c2ccc(F)cc2O)cc(OC)c1. The Morgan fingerprint density at radius 2 is 1.67 bits per heavy atom. The van der Waals surface area contributed by atoms with Gasteiger partial charge < -0.3 is 19.9 Å². The van der Waals surface area contributed by atoms with E-state index in [2.05, 4.69) is 5.32 Å². The molecule has 2 rings (SSSR count). The maximum atomic E-state index is 13.0. The van der Waals surface area contributed by atoms with Gasteiger partial charge in [0.15, 0.2) is 0 Å². The second-order valence-electron chi connectivity index (χ2n) is 4.67. The first kappa shape index (κ1) is 15.0. The molecule has 0 fully saturated rings. The lowest BCUT2D eigenvalue weighted by Gasteiger charge is -2.18. The minimum Gasteiger partial charge on any atom is -0.507 e. The minimum absolute atomic E-state index is 0.0788. The van der Waals surface area contributed by atoms with E-state index < -0.39 is 5.82 Å². The van der Waals surface area contributed by atoms with Crippen molar-refractivity contribution in [3.05, 3.63) is 47.8 Å². The molecule has 0 saturated heterocycles. The third-order valence-electron chi connectivity index (χ3n) is 3.19. The standard InChI is InChI=1S/C16H18FNO3/c1-10(15-5-4-11(17)6-16(15)19)18-12-7-13(20-2)9-14(8-12)21-3/h4-10,18-19H,1-3H3. The number of phenolic OH excluding ortho intramolecular Hbond substituents is 1. The average Bonchev–Trinajstić information content (AvgIpc) is 2.46. The molecule has 1 unspecified atom stereocenters. The molecule has 2 aromatic rings. The van der Waals surface area contributed by atoms with Gasteiger partial charge in [-0.05, 0) is 13.0 Å². The van der Waals surface area contributed by atoms with Crippen LogP contribution in [0.1, 0.15) is 18.5 Å². The number of methoxy groups -OCH3 is 2. The monoisotopic (exact) mass is 291 g/mol. The van der Waals surface area contributed by atoms with Crippen LogP contribution in [0.2, 0.25) is 0 Å². The molecular weight excluding hydrogens is 273 g/mol. The van der Waals surface area contributed by atoms with E-state index in [-0.39, 0.29) is 11.8 Å². The lowest BCUT2D eigenvalue weighted by atomic mass is 10.1. The molecule has 0 spiro atoms. The Balaban J connectivity index is 2.24. The van der Waals surface area contributed by atoms with Crippen molar-refractivity contribution in [3.63, 3.8) is 0 Å². The molecule has 0 heterocycles. The summed E-state index contributed by atoms with van der Waals surface area (Å²) in [6, 6.07) is 9.17. The number of halogens is 1. The van der Waals surface area contributed by atoms with Crippen LogP contribution in [0, 0.1) is 5.82 Å². The molecule has 112 valence electrons. The van der Waals surface area contributed by atoms with E-state index >= 15 is 0 Å². The van der Waals surface area contributed by atoms with E-state index in [4.69, 9.17) is 9.47 Å². The lowest BCUT2D eigenvalue weighted by Crippen LogP contribution is -2.07. The maximum Gasteiger partial charge on any atom is 0.126 e.